The number of hydrogen-bond donors (Lipinski definition) is 2. The fourth-order valence-corrected chi connectivity index (χ4v) is 3.22. The number of piperidine rings is 1. The summed E-state index contributed by atoms with van der Waals surface area (Å²) in [5.74, 6) is 1.02. The minimum Gasteiger partial charge on any atom is -0.356 e. The van der Waals surface area contributed by atoms with Gasteiger partial charge in [0.1, 0.15) is 5.82 Å². The first kappa shape index (κ1) is 19.9. The topological polar surface area (TPSA) is 41.1 Å². The molecular formula is C18H28ClFN2O. The second-order valence-corrected chi connectivity index (χ2v) is 6.44. The first-order valence-electron chi connectivity index (χ1n) is 8.28. The molecule has 130 valence electrons. The molecule has 0 saturated carbocycles. The van der Waals surface area contributed by atoms with E-state index in [1.807, 2.05) is 6.92 Å². The Morgan fingerprint density at radius 3 is 2.74 bits per heavy atom. The molecule has 23 heavy (non-hydrogen) atoms. The van der Waals surface area contributed by atoms with Crippen LogP contribution in [0.1, 0.15) is 37.3 Å². The van der Waals surface area contributed by atoms with Gasteiger partial charge < -0.3 is 10.6 Å². The van der Waals surface area contributed by atoms with Crippen LogP contribution in [0.3, 0.4) is 0 Å². The third-order valence-corrected chi connectivity index (χ3v) is 4.72. The van der Waals surface area contributed by atoms with Gasteiger partial charge >= 0.3 is 0 Å². The Balaban J connectivity index is 0.00000264. The van der Waals surface area contributed by atoms with Crippen LogP contribution in [0.25, 0.3) is 0 Å². The van der Waals surface area contributed by atoms with Gasteiger partial charge in [0.2, 0.25) is 5.91 Å². The monoisotopic (exact) mass is 342 g/mol. The molecule has 0 spiro atoms. The Bertz CT molecular complexity index is 504. The lowest BCUT2D eigenvalue weighted by Gasteiger charge is -2.27. The second kappa shape index (κ2) is 9.89. The summed E-state index contributed by atoms with van der Waals surface area (Å²) in [4.78, 5) is 12.0. The van der Waals surface area contributed by atoms with Crippen molar-refractivity contribution in [1.29, 1.82) is 0 Å². The maximum atomic E-state index is 13.0. The molecule has 1 heterocycles. The minimum absolute atomic E-state index is 0. The Morgan fingerprint density at radius 1 is 1.39 bits per heavy atom. The fraction of sp³-hybridized carbons (Fsp3) is 0.611. The number of rotatable bonds is 6. The highest BCUT2D eigenvalue weighted by Gasteiger charge is 2.21. The molecule has 1 atom stereocenters. The van der Waals surface area contributed by atoms with Gasteiger partial charge in [-0.05, 0) is 74.4 Å². The molecule has 0 bridgehead atoms. The summed E-state index contributed by atoms with van der Waals surface area (Å²) in [5.41, 5.74) is 2.03. The molecule has 3 nitrogen and oxygen atoms in total. The van der Waals surface area contributed by atoms with Crippen LogP contribution in [-0.2, 0) is 11.2 Å². The van der Waals surface area contributed by atoms with Crippen molar-refractivity contribution < 1.29 is 9.18 Å². The molecule has 1 aliphatic heterocycles. The van der Waals surface area contributed by atoms with Gasteiger partial charge in [-0.1, -0.05) is 13.0 Å². The van der Waals surface area contributed by atoms with Crippen LogP contribution >= 0.6 is 12.4 Å². The Labute approximate surface area is 144 Å². The zero-order chi connectivity index (χ0) is 15.9. The summed E-state index contributed by atoms with van der Waals surface area (Å²) in [7, 11) is 0. The zero-order valence-corrected chi connectivity index (χ0v) is 14.8. The number of carbonyl (C=O) groups is 1. The van der Waals surface area contributed by atoms with E-state index in [0.29, 0.717) is 24.8 Å². The quantitative estimate of drug-likeness (QED) is 0.833. The molecule has 1 fully saturated rings. The predicted molar refractivity (Wildman–Crippen MR) is 94.5 cm³/mol. The van der Waals surface area contributed by atoms with Crippen LogP contribution in [0.2, 0.25) is 0 Å². The number of nitrogens with one attached hydrogen (secondary N) is 2. The normalized spacial score (nSPS) is 16.5. The molecule has 0 aromatic heterocycles. The molecule has 2 rings (SSSR count). The second-order valence-electron chi connectivity index (χ2n) is 6.44. The van der Waals surface area contributed by atoms with Crippen molar-refractivity contribution in [3.05, 3.63) is 35.1 Å². The molecule has 1 saturated heterocycles. The molecule has 5 heteroatoms. The van der Waals surface area contributed by atoms with Crippen molar-refractivity contribution in [3.63, 3.8) is 0 Å². The molecule has 1 aromatic carbocycles. The van der Waals surface area contributed by atoms with Gasteiger partial charge in [-0.15, -0.1) is 12.4 Å². The zero-order valence-electron chi connectivity index (χ0n) is 14.0. The van der Waals surface area contributed by atoms with Crippen LogP contribution in [0, 0.1) is 24.6 Å². The molecular weight excluding hydrogens is 315 g/mol. The average molecular weight is 343 g/mol. The summed E-state index contributed by atoms with van der Waals surface area (Å²) in [6.45, 7) is 6.84. The van der Waals surface area contributed by atoms with Gasteiger partial charge in [0.15, 0.2) is 0 Å². The van der Waals surface area contributed by atoms with Crippen molar-refractivity contribution >= 4 is 18.3 Å². The first-order chi connectivity index (χ1) is 10.6. The van der Waals surface area contributed by atoms with Crippen LogP contribution < -0.4 is 10.6 Å². The highest BCUT2D eigenvalue weighted by Crippen LogP contribution is 2.24. The van der Waals surface area contributed by atoms with E-state index in [-0.39, 0.29) is 24.1 Å². The van der Waals surface area contributed by atoms with Gasteiger partial charge in [-0.3, -0.25) is 4.79 Å². The summed E-state index contributed by atoms with van der Waals surface area (Å²) in [6, 6.07) is 4.81. The third-order valence-electron chi connectivity index (χ3n) is 4.72. The molecule has 1 aromatic rings. The number of carbonyl (C=O) groups excluding carboxylic acids is 1. The van der Waals surface area contributed by atoms with Crippen LogP contribution in [0.5, 0.6) is 0 Å². The number of hydrogen-bond acceptors (Lipinski definition) is 2. The molecule has 0 aliphatic carbocycles. The maximum Gasteiger partial charge on any atom is 0.220 e. The lowest BCUT2D eigenvalue weighted by atomic mass is 9.84. The number of halogens is 2. The third kappa shape index (κ3) is 6.48. The van der Waals surface area contributed by atoms with Crippen molar-refractivity contribution in [3.8, 4) is 0 Å². The highest BCUT2D eigenvalue weighted by atomic mass is 35.5. The Morgan fingerprint density at radius 2 is 2.09 bits per heavy atom. The van der Waals surface area contributed by atoms with Crippen LogP contribution in [0.15, 0.2) is 18.2 Å². The van der Waals surface area contributed by atoms with E-state index in [1.54, 1.807) is 6.07 Å². The van der Waals surface area contributed by atoms with E-state index in [4.69, 9.17) is 0 Å². The van der Waals surface area contributed by atoms with E-state index in [0.717, 1.165) is 30.6 Å². The lowest BCUT2D eigenvalue weighted by molar-refractivity contribution is -0.122. The minimum atomic E-state index is -0.207. The SMILES string of the molecule is Cc1cc(F)ccc1CCNC(=O)CC(C)C1CCNCC1.Cl. The lowest BCUT2D eigenvalue weighted by Crippen LogP contribution is -2.34. The fourth-order valence-electron chi connectivity index (χ4n) is 3.22. The molecule has 1 aliphatic rings. The van der Waals surface area contributed by atoms with Gasteiger partial charge in [0, 0.05) is 13.0 Å². The summed E-state index contributed by atoms with van der Waals surface area (Å²) >= 11 is 0. The summed E-state index contributed by atoms with van der Waals surface area (Å²) in [6.07, 6.45) is 3.69. The van der Waals surface area contributed by atoms with E-state index in [1.165, 1.54) is 25.0 Å². The molecule has 1 amide bonds. The Hall–Kier alpha value is -1.13. The smallest absolute Gasteiger partial charge is 0.220 e. The van der Waals surface area contributed by atoms with Gasteiger partial charge in [0.05, 0.1) is 0 Å². The van der Waals surface area contributed by atoms with Gasteiger partial charge in [-0.2, -0.15) is 0 Å². The highest BCUT2D eigenvalue weighted by molar-refractivity contribution is 5.85. The van der Waals surface area contributed by atoms with Crippen molar-refractivity contribution in [2.75, 3.05) is 19.6 Å². The molecule has 0 radical (unpaired) electrons. The molecule has 2 N–H and O–H groups in total. The molecule has 1 unspecified atom stereocenters. The van der Waals surface area contributed by atoms with Crippen molar-refractivity contribution in [2.45, 2.75) is 39.5 Å². The largest absolute Gasteiger partial charge is 0.356 e. The number of aryl methyl sites for hydroxylation is 1. The van der Waals surface area contributed by atoms with E-state index in [9.17, 15) is 9.18 Å². The number of amides is 1. The van der Waals surface area contributed by atoms with E-state index in [2.05, 4.69) is 17.6 Å². The van der Waals surface area contributed by atoms with Gasteiger partial charge in [-0.25, -0.2) is 4.39 Å². The maximum absolute atomic E-state index is 13.0. The van der Waals surface area contributed by atoms with Crippen LogP contribution in [0.4, 0.5) is 4.39 Å². The van der Waals surface area contributed by atoms with E-state index >= 15 is 0 Å². The van der Waals surface area contributed by atoms with Gasteiger partial charge in [0.25, 0.3) is 0 Å². The van der Waals surface area contributed by atoms with E-state index < -0.39 is 0 Å². The standard InChI is InChI=1S/C18H27FN2O.ClH/c1-13-11-17(19)4-3-15(13)7-10-21-18(22)12-14(2)16-5-8-20-9-6-16;/h3-4,11,14,16,20H,5-10,12H2,1-2H3,(H,21,22);1H. The number of benzene rings is 1. The first-order valence-corrected chi connectivity index (χ1v) is 8.28. The van der Waals surface area contributed by atoms with Crippen molar-refractivity contribution in [2.24, 2.45) is 11.8 Å². The van der Waals surface area contributed by atoms with Crippen molar-refractivity contribution in [1.82, 2.24) is 10.6 Å². The Kier molecular flexibility index (Phi) is 8.56. The summed E-state index contributed by atoms with van der Waals surface area (Å²) < 4.78 is 13.0. The average Bonchev–Trinajstić information content (AvgIpc) is 2.50. The van der Waals surface area contributed by atoms with Crippen LogP contribution in [-0.4, -0.2) is 25.5 Å². The summed E-state index contributed by atoms with van der Waals surface area (Å²) in [5, 5.41) is 6.35. The predicted octanol–water partition coefficient (Wildman–Crippen LogP) is 3.24.